The van der Waals surface area contributed by atoms with Gasteiger partial charge in [-0.25, -0.2) is 4.79 Å². The maximum Gasteiger partial charge on any atom is 0.410 e. The third-order valence-corrected chi connectivity index (χ3v) is 2.89. The van der Waals surface area contributed by atoms with Gasteiger partial charge in [0, 0.05) is 33.3 Å². The summed E-state index contributed by atoms with van der Waals surface area (Å²) >= 11 is 0. The number of hydrogen-bond donors (Lipinski definition) is 2. The number of nitrogens with two attached hydrogens (primary N) is 1. The number of guanidine groups is 1. The van der Waals surface area contributed by atoms with Gasteiger partial charge in [0.25, 0.3) is 0 Å². The SMILES string of the molecule is COCCN(CCNC(N)=NCCC(C)C)C(=O)OC(C)(C)C. The van der Waals surface area contributed by atoms with Crippen LogP contribution in [0.4, 0.5) is 4.79 Å². The molecular weight excluding hydrogens is 296 g/mol. The first kappa shape index (κ1) is 21.5. The zero-order valence-corrected chi connectivity index (χ0v) is 15.5. The quantitative estimate of drug-likeness (QED) is 0.497. The monoisotopic (exact) mass is 330 g/mol. The first-order valence-corrected chi connectivity index (χ1v) is 8.16. The molecule has 0 bridgehead atoms. The highest BCUT2D eigenvalue weighted by molar-refractivity contribution is 5.77. The molecule has 0 aliphatic rings. The van der Waals surface area contributed by atoms with Gasteiger partial charge in [-0.15, -0.1) is 0 Å². The van der Waals surface area contributed by atoms with Crippen molar-refractivity contribution < 1.29 is 14.3 Å². The van der Waals surface area contributed by atoms with Crippen molar-refractivity contribution >= 4 is 12.1 Å². The largest absolute Gasteiger partial charge is 0.444 e. The molecule has 0 aliphatic heterocycles. The number of amides is 1. The van der Waals surface area contributed by atoms with E-state index in [9.17, 15) is 4.79 Å². The van der Waals surface area contributed by atoms with Gasteiger partial charge in [0.05, 0.1) is 6.61 Å². The maximum absolute atomic E-state index is 12.1. The van der Waals surface area contributed by atoms with E-state index < -0.39 is 5.60 Å². The highest BCUT2D eigenvalue weighted by atomic mass is 16.6. The molecule has 0 aromatic rings. The van der Waals surface area contributed by atoms with Gasteiger partial charge in [-0.05, 0) is 33.1 Å². The van der Waals surface area contributed by atoms with E-state index in [1.54, 1.807) is 12.0 Å². The molecule has 0 heterocycles. The van der Waals surface area contributed by atoms with Gasteiger partial charge >= 0.3 is 6.09 Å². The van der Waals surface area contributed by atoms with E-state index in [-0.39, 0.29) is 6.09 Å². The second kappa shape index (κ2) is 11.1. The molecule has 7 nitrogen and oxygen atoms in total. The summed E-state index contributed by atoms with van der Waals surface area (Å²) in [6.07, 6.45) is 0.645. The molecule has 0 rings (SSSR count). The Morgan fingerprint density at radius 1 is 1.30 bits per heavy atom. The standard InChI is InChI=1S/C16H34N4O3/c1-13(2)7-8-18-14(17)19-9-10-20(11-12-22-6)15(21)23-16(3,4)5/h13H,7-12H2,1-6H3,(H3,17,18,19). The van der Waals surface area contributed by atoms with Crippen LogP contribution in [0.5, 0.6) is 0 Å². The number of methoxy groups -OCH3 is 1. The van der Waals surface area contributed by atoms with E-state index in [4.69, 9.17) is 15.2 Å². The van der Waals surface area contributed by atoms with Crippen molar-refractivity contribution in [3.63, 3.8) is 0 Å². The fourth-order valence-corrected chi connectivity index (χ4v) is 1.64. The van der Waals surface area contributed by atoms with E-state index in [1.807, 2.05) is 20.8 Å². The Kier molecular flexibility index (Phi) is 10.4. The van der Waals surface area contributed by atoms with Gasteiger partial charge in [-0.1, -0.05) is 13.8 Å². The smallest absolute Gasteiger partial charge is 0.410 e. The molecule has 0 saturated heterocycles. The van der Waals surface area contributed by atoms with Crippen molar-refractivity contribution in [2.75, 3.05) is 39.9 Å². The van der Waals surface area contributed by atoms with Crippen LogP contribution in [0.2, 0.25) is 0 Å². The Labute approximate surface area is 140 Å². The van der Waals surface area contributed by atoms with Crippen molar-refractivity contribution in [2.45, 2.75) is 46.6 Å². The van der Waals surface area contributed by atoms with Gasteiger partial charge in [0.2, 0.25) is 0 Å². The van der Waals surface area contributed by atoms with Crippen LogP contribution in [0.15, 0.2) is 4.99 Å². The molecule has 0 radical (unpaired) electrons. The van der Waals surface area contributed by atoms with Crippen molar-refractivity contribution in [3.8, 4) is 0 Å². The van der Waals surface area contributed by atoms with E-state index >= 15 is 0 Å². The van der Waals surface area contributed by atoms with Crippen molar-refractivity contribution in [2.24, 2.45) is 16.6 Å². The van der Waals surface area contributed by atoms with E-state index in [0.717, 1.165) is 6.42 Å². The highest BCUT2D eigenvalue weighted by Crippen LogP contribution is 2.09. The molecule has 0 aromatic heterocycles. The molecule has 0 atom stereocenters. The molecule has 136 valence electrons. The molecule has 7 heteroatoms. The fourth-order valence-electron chi connectivity index (χ4n) is 1.64. The Morgan fingerprint density at radius 2 is 1.96 bits per heavy atom. The normalized spacial score (nSPS) is 12.4. The second-order valence-electron chi connectivity index (χ2n) is 6.84. The number of ether oxygens (including phenoxy) is 2. The molecule has 0 aliphatic carbocycles. The predicted molar refractivity (Wildman–Crippen MR) is 93.6 cm³/mol. The van der Waals surface area contributed by atoms with Crippen LogP contribution < -0.4 is 11.1 Å². The van der Waals surface area contributed by atoms with Gasteiger partial charge in [-0.2, -0.15) is 0 Å². The van der Waals surface area contributed by atoms with Crippen LogP contribution in [0.1, 0.15) is 41.0 Å². The third-order valence-electron chi connectivity index (χ3n) is 2.89. The molecule has 0 spiro atoms. The van der Waals surface area contributed by atoms with Gasteiger partial charge in [-0.3, -0.25) is 4.99 Å². The number of nitrogens with zero attached hydrogens (tertiary/aromatic N) is 2. The summed E-state index contributed by atoms with van der Waals surface area (Å²) < 4.78 is 10.4. The first-order chi connectivity index (χ1) is 10.7. The molecule has 0 unspecified atom stereocenters. The van der Waals surface area contributed by atoms with Crippen molar-refractivity contribution in [1.29, 1.82) is 0 Å². The summed E-state index contributed by atoms with van der Waals surface area (Å²) in [5.74, 6) is 1.00. The number of rotatable bonds is 9. The Balaban J connectivity index is 4.31. The zero-order chi connectivity index (χ0) is 17.9. The summed E-state index contributed by atoms with van der Waals surface area (Å²) in [5, 5.41) is 3.02. The van der Waals surface area contributed by atoms with Crippen LogP contribution in [0, 0.1) is 5.92 Å². The van der Waals surface area contributed by atoms with Crippen LogP contribution in [0.3, 0.4) is 0 Å². The van der Waals surface area contributed by atoms with Crippen LogP contribution >= 0.6 is 0 Å². The number of nitrogens with one attached hydrogen (secondary N) is 1. The van der Waals surface area contributed by atoms with Crippen LogP contribution in [-0.2, 0) is 9.47 Å². The van der Waals surface area contributed by atoms with E-state index in [1.165, 1.54) is 0 Å². The minimum Gasteiger partial charge on any atom is -0.444 e. The molecule has 23 heavy (non-hydrogen) atoms. The number of carbonyl (C=O) groups is 1. The van der Waals surface area contributed by atoms with Gasteiger partial charge in [0.15, 0.2) is 5.96 Å². The molecule has 1 amide bonds. The lowest BCUT2D eigenvalue weighted by atomic mass is 10.1. The lowest BCUT2D eigenvalue weighted by molar-refractivity contribution is 0.0206. The minimum atomic E-state index is -0.521. The average Bonchev–Trinajstić information content (AvgIpc) is 2.40. The van der Waals surface area contributed by atoms with Gasteiger partial charge in [0.1, 0.15) is 5.60 Å². The Hall–Kier alpha value is -1.50. The minimum absolute atomic E-state index is 0.355. The molecule has 0 aromatic carbocycles. The second-order valence-corrected chi connectivity index (χ2v) is 6.84. The Bertz CT molecular complexity index is 365. The fraction of sp³-hybridized carbons (Fsp3) is 0.875. The predicted octanol–water partition coefficient (Wildman–Crippen LogP) is 1.82. The van der Waals surface area contributed by atoms with Crippen molar-refractivity contribution in [1.82, 2.24) is 10.2 Å². The highest BCUT2D eigenvalue weighted by Gasteiger charge is 2.21. The zero-order valence-electron chi connectivity index (χ0n) is 15.5. The van der Waals surface area contributed by atoms with Crippen LogP contribution in [0.25, 0.3) is 0 Å². The lowest BCUT2D eigenvalue weighted by Crippen LogP contribution is -2.44. The lowest BCUT2D eigenvalue weighted by Gasteiger charge is -2.27. The first-order valence-electron chi connectivity index (χ1n) is 8.16. The topological polar surface area (TPSA) is 89.2 Å². The van der Waals surface area contributed by atoms with E-state index in [0.29, 0.717) is 44.7 Å². The molecule has 0 fully saturated rings. The molecule has 3 N–H and O–H groups in total. The van der Waals surface area contributed by atoms with Gasteiger partial charge < -0.3 is 25.4 Å². The molecule has 0 saturated carbocycles. The number of aliphatic imine (C=N–C) groups is 1. The van der Waals surface area contributed by atoms with Crippen LogP contribution in [-0.4, -0.2) is 62.4 Å². The summed E-state index contributed by atoms with van der Waals surface area (Å²) in [7, 11) is 1.60. The third kappa shape index (κ3) is 12.7. The maximum atomic E-state index is 12.1. The summed E-state index contributed by atoms with van der Waals surface area (Å²) in [6.45, 7) is 12.4. The van der Waals surface area contributed by atoms with E-state index in [2.05, 4.69) is 24.2 Å². The molecular formula is C16H34N4O3. The average molecular weight is 330 g/mol. The summed E-state index contributed by atoms with van der Waals surface area (Å²) in [5.41, 5.74) is 5.28. The summed E-state index contributed by atoms with van der Waals surface area (Å²) in [6, 6.07) is 0. The Morgan fingerprint density at radius 3 is 2.48 bits per heavy atom. The number of hydrogen-bond acceptors (Lipinski definition) is 4. The number of carbonyl (C=O) groups excluding carboxylic acids is 1. The summed E-state index contributed by atoms with van der Waals surface area (Å²) in [4.78, 5) is 18.0. The van der Waals surface area contributed by atoms with Crippen molar-refractivity contribution in [3.05, 3.63) is 0 Å².